The van der Waals surface area contributed by atoms with E-state index in [1.807, 2.05) is 24.3 Å². The van der Waals surface area contributed by atoms with Gasteiger partial charge in [-0.2, -0.15) is 0 Å². The van der Waals surface area contributed by atoms with Crippen molar-refractivity contribution in [2.24, 2.45) is 10.4 Å². The minimum Gasteiger partial charge on any atom is -0.497 e. The van der Waals surface area contributed by atoms with Crippen molar-refractivity contribution in [3.05, 3.63) is 24.3 Å². The fourth-order valence-electron chi connectivity index (χ4n) is 2.89. The summed E-state index contributed by atoms with van der Waals surface area (Å²) in [6, 6.07) is 7.63. The second-order valence-corrected chi connectivity index (χ2v) is 6.68. The molecular weight excluding hydrogens is 469 g/mol. The fraction of sp³-hybridized carbons (Fsp3) is 0.667. The Hall–Kier alpha value is -1.22. The summed E-state index contributed by atoms with van der Waals surface area (Å²) in [6.45, 7) is 9.55. The molecule has 0 aliphatic heterocycles. The Balaban J connectivity index is 0.00000729. The molecule has 162 valence electrons. The summed E-state index contributed by atoms with van der Waals surface area (Å²) >= 11 is 0. The van der Waals surface area contributed by atoms with Crippen LogP contribution in [0.4, 0.5) is 0 Å². The predicted molar refractivity (Wildman–Crippen MR) is 127 cm³/mol. The number of aliphatic hydroxyl groups excluding tert-OH is 1. The highest BCUT2D eigenvalue weighted by Crippen LogP contribution is 2.30. The van der Waals surface area contributed by atoms with Crippen LogP contribution in [-0.4, -0.2) is 51.0 Å². The van der Waals surface area contributed by atoms with Gasteiger partial charge in [0.05, 0.1) is 13.7 Å². The number of aliphatic imine (C=N–C) groups is 1. The number of hydrogen-bond acceptors (Lipinski definition) is 4. The molecule has 1 rings (SSSR count). The Morgan fingerprint density at radius 2 is 1.86 bits per heavy atom. The summed E-state index contributed by atoms with van der Waals surface area (Å²) in [5, 5.41) is 16.0. The zero-order valence-corrected chi connectivity index (χ0v) is 20.1. The van der Waals surface area contributed by atoms with Crippen molar-refractivity contribution in [2.75, 3.05) is 40.0 Å². The van der Waals surface area contributed by atoms with E-state index in [0.29, 0.717) is 6.61 Å². The average Bonchev–Trinajstić information content (AvgIpc) is 2.70. The number of guanidine groups is 1. The van der Waals surface area contributed by atoms with E-state index in [2.05, 4.69) is 31.4 Å². The van der Waals surface area contributed by atoms with Crippen LogP contribution in [0.2, 0.25) is 0 Å². The van der Waals surface area contributed by atoms with Gasteiger partial charge in [0.1, 0.15) is 11.5 Å². The molecule has 1 aromatic carbocycles. The normalized spacial score (nSPS) is 11.5. The minimum absolute atomic E-state index is 0. The quantitative estimate of drug-likeness (QED) is 0.164. The highest BCUT2D eigenvalue weighted by atomic mass is 127. The van der Waals surface area contributed by atoms with Crippen molar-refractivity contribution in [3.63, 3.8) is 0 Å². The molecule has 0 heterocycles. The summed E-state index contributed by atoms with van der Waals surface area (Å²) in [7, 11) is 1.65. The minimum atomic E-state index is 0. The number of halogens is 1. The SMILES string of the molecule is CCNC(=NCC(CC)(CC)CCO)NCCCOc1cccc(OC)c1.I. The van der Waals surface area contributed by atoms with Crippen molar-refractivity contribution in [3.8, 4) is 11.5 Å². The standard InChI is InChI=1S/C21H37N3O3.HI/c1-5-21(6-2,12-14-25)17-24-20(22-7-3)23-13-9-15-27-19-11-8-10-18(16-19)26-4;/h8,10-11,16,25H,5-7,9,12-15,17H2,1-4H3,(H2,22,23,24);1H. The lowest BCUT2D eigenvalue weighted by Gasteiger charge is -2.29. The molecule has 7 heteroatoms. The first kappa shape index (κ1) is 26.8. The van der Waals surface area contributed by atoms with Crippen LogP contribution < -0.4 is 20.1 Å². The summed E-state index contributed by atoms with van der Waals surface area (Å²) in [4.78, 5) is 4.75. The van der Waals surface area contributed by atoms with Crippen molar-refractivity contribution in [2.45, 2.75) is 46.5 Å². The monoisotopic (exact) mass is 507 g/mol. The van der Waals surface area contributed by atoms with Crippen LogP contribution in [0.3, 0.4) is 0 Å². The Labute approximate surface area is 187 Å². The molecule has 0 aliphatic carbocycles. The first-order valence-electron chi connectivity index (χ1n) is 10.0. The smallest absolute Gasteiger partial charge is 0.191 e. The molecule has 0 bridgehead atoms. The molecule has 3 N–H and O–H groups in total. The number of aliphatic hydroxyl groups is 1. The van der Waals surface area contributed by atoms with Crippen LogP contribution in [0.25, 0.3) is 0 Å². The number of nitrogens with zero attached hydrogens (tertiary/aromatic N) is 1. The van der Waals surface area contributed by atoms with E-state index in [4.69, 9.17) is 14.5 Å². The molecule has 0 saturated carbocycles. The molecule has 0 radical (unpaired) electrons. The number of hydrogen-bond donors (Lipinski definition) is 3. The molecule has 0 fully saturated rings. The molecule has 28 heavy (non-hydrogen) atoms. The highest BCUT2D eigenvalue weighted by Gasteiger charge is 2.25. The van der Waals surface area contributed by atoms with Gasteiger partial charge in [-0.05, 0) is 50.2 Å². The lowest BCUT2D eigenvalue weighted by molar-refractivity contribution is 0.175. The topological polar surface area (TPSA) is 75.1 Å². The molecule has 0 aromatic heterocycles. The first-order valence-corrected chi connectivity index (χ1v) is 10.0. The summed E-state index contributed by atoms with van der Waals surface area (Å²) in [5.41, 5.74) is 0.0760. The van der Waals surface area contributed by atoms with E-state index >= 15 is 0 Å². The fourth-order valence-corrected chi connectivity index (χ4v) is 2.89. The van der Waals surface area contributed by atoms with Crippen LogP contribution >= 0.6 is 24.0 Å². The third-order valence-electron chi connectivity index (χ3n) is 4.98. The maximum Gasteiger partial charge on any atom is 0.191 e. The maximum atomic E-state index is 9.36. The summed E-state index contributed by atoms with van der Waals surface area (Å²) in [5.74, 6) is 2.43. The third-order valence-corrected chi connectivity index (χ3v) is 4.98. The Morgan fingerprint density at radius 1 is 1.14 bits per heavy atom. The van der Waals surface area contributed by atoms with Crippen molar-refractivity contribution in [1.29, 1.82) is 0 Å². The van der Waals surface area contributed by atoms with Crippen LogP contribution in [0.5, 0.6) is 11.5 Å². The van der Waals surface area contributed by atoms with Crippen LogP contribution in [0.15, 0.2) is 29.3 Å². The van der Waals surface area contributed by atoms with Gasteiger partial charge in [0.25, 0.3) is 0 Å². The molecule has 0 saturated heterocycles. The molecule has 0 unspecified atom stereocenters. The number of rotatable bonds is 13. The number of methoxy groups -OCH3 is 1. The Bertz CT molecular complexity index is 551. The van der Waals surface area contributed by atoms with Crippen molar-refractivity contribution < 1.29 is 14.6 Å². The number of benzene rings is 1. The largest absolute Gasteiger partial charge is 0.497 e. The first-order chi connectivity index (χ1) is 13.1. The van der Waals surface area contributed by atoms with Gasteiger partial charge in [0, 0.05) is 32.3 Å². The number of ether oxygens (including phenoxy) is 2. The zero-order valence-electron chi connectivity index (χ0n) is 17.8. The van der Waals surface area contributed by atoms with Gasteiger partial charge in [-0.1, -0.05) is 19.9 Å². The molecule has 1 aromatic rings. The Kier molecular flexibility index (Phi) is 15.0. The van der Waals surface area contributed by atoms with Gasteiger partial charge in [-0.15, -0.1) is 24.0 Å². The molecule has 0 aliphatic rings. The lowest BCUT2D eigenvalue weighted by Crippen LogP contribution is -2.39. The van der Waals surface area contributed by atoms with E-state index in [-0.39, 0.29) is 36.0 Å². The van der Waals surface area contributed by atoms with E-state index in [0.717, 1.165) is 62.8 Å². The van der Waals surface area contributed by atoms with Gasteiger partial charge >= 0.3 is 0 Å². The van der Waals surface area contributed by atoms with Crippen molar-refractivity contribution in [1.82, 2.24) is 10.6 Å². The van der Waals surface area contributed by atoms with E-state index < -0.39 is 0 Å². The lowest BCUT2D eigenvalue weighted by atomic mass is 9.79. The van der Waals surface area contributed by atoms with E-state index in [9.17, 15) is 5.11 Å². The average molecular weight is 507 g/mol. The molecule has 0 atom stereocenters. The maximum absolute atomic E-state index is 9.36. The Morgan fingerprint density at radius 3 is 2.46 bits per heavy atom. The van der Waals surface area contributed by atoms with Gasteiger partial charge in [-0.3, -0.25) is 4.99 Å². The molecule has 0 amide bonds. The molecule has 6 nitrogen and oxygen atoms in total. The van der Waals surface area contributed by atoms with E-state index in [1.165, 1.54) is 0 Å². The number of nitrogens with one attached hydrogen (secondary N) is 2. The van der Waals surface area contributed by atoms with Gasteiger partial charge < -0.3 is 25.2 Å². The summed E-state index contributed by atoms with van der Waals surface area (Å²) in [6.07, 6.45) is 3.69. The second kappa shape index (κ2) is 15.7. The van der Waals surface area contributed by atoms with Crippen LogP contribution in [-0.2, 0) is 0 Å². The van der Waals surface area contributed by atoms with E-state index in [1.54, 1.807) is 7.11 Å². The predicted octanol–water partition coefficient (Wildman–Crippen LogP) is 3.83. The summed E-state index contributed by atoms with van der Waals surface area (Å²) < 4.78 is 11.0. The molecule has 0 spiro atoms. The highest BCUT2D eigenvalue weighted by molar-refractivity contribution is 14.0. The zero-order chi connectivity index (χ0) is 20.0. The third kappa shape index (κ3) is 9.82. The second-order valence-electron chi connectivity index (χ2n) is 6.68. The van der Waals surface area contributed by atoms with Gasteiger partial charge in [0.15, 0.2) is 5.96 Å². The van der Waals surface area contributed by atoms with Crippen molar-refractivity contribution >= 4 is 29.9 Å². The molecular formula is C21H38IN3O3. The van der Waals surface area contributed by atoms with Crippen LogP contribution in [0, 0.1) is 5.41 Å². The van der Waals surface area contributed by atoms with Gasteiger partial charge in [0.2, 0.25) is 0 Å². The van der Waals surface area contributed by atoms with Crippen LogP contribution in [0.1, 0.15) is 46.5 Å². The van der Waals surface area contributed by atoms with Gasteiger partial charge in [-0.25, -0.2) is 0 Å².